The number of hydrogen-bond donors (Lipinski definition) is 0. The van der Waals surface area contributed by atoms with Crippen LogP contribution in [0.2, 0.25) is 5.15 Å². The third-order valence-electron chi connectivity index (χ3n) is 3.28. The second-order valence-electron chi connectivity index (χ2n) is 4.44. The highest BCUT2D eigenvalue weighted by Gasteiger charge is 2.09. The van der Waals surface area contributed by atoms with Gasteiger partial charge in [-0.05, 0) is 12.0 Å². The van der Waals surface area contributed by atoms with Gasteiger partial charge in [0.15, 0.2) is 5.15 Å². The highest BCUT2D eigenvalue weighted by atomic mass is 35.5. The minimum absolute atomic E-state index is 0.449. The first-order valence-electron chi connectivity index (χ1n) is 6.30. The Balaban J connectivity index is 2.21. The van der Waals surface area contributed by atoms with Crippen molar-refractivity contribution < 1.29 is 0 Å². The second kappa shape index (κ2) is 4.98. The lowest BCUT2D eigenvalue weighted by Crippen LogP contribution is -1.91. The van der Waals surface area contributed by atoms with Crippen LogP contribution in [0.5, 0.6) is 0 Å². The summed E-state index contributed by atoms with van der Waals surface area (Å²) in [6.07, 6.45) is 1.04. The van der Waals surface area contributed by atoms with Gasteiger partial charge in [0.05, 0.1) is 0 Å². The number of halogens is 1. The predicted octanol–water partition coefficient (Wildman–Crippen LogP) is 4.51. The number of hydrogen-bond acceptors (Lipinski definition) is 2. The number of benzene rings is 2. The summed E-state index contributed by atoms with van der Waals surface area (Å²) in [6, 6.07) is 16.4. The van der Waals surface area contributed by atoms with Crippen LogP contribution in [0.3, 0.4) is 0 Å². The van der Waals surface area contributed by atoms with Gasteiger partial charge in [-0.2, -0.15) is 0 Å². The van der Waals surface area contributed by atoms with Crippen LogP contribution in [0.15, 0.2) is 48.5 Å². The van der Waals surface area contributed by atoms with Gasteiger partial charge >= 0.3 is 0 Å². The molecule has 0 fully saturated rings. The molecule has 0 spiro atoms. The maximum atomic E-state index is 6.09. The molecule has 3 aromatic rings. The van der Waals surface area contributed by atoms with E-state index < -0.39 is 0 Å². The van der Waals surface area contributed by atoms with Crippen molar-refractivity contribution in [1.82, 2.24) is 10.2 Å². The fourth-order valence-electron chi connectivity index (χ4n) is 2.18. The molecule has 2 nitrogen and oxygen atoms in total. The molecule has 3 heteroatoms. The smallest absolute Gasteiger partial charge is 0.148 e. The second-order valence-corrected chi connectivity index (χ2v) is 4.79. The zero-order valence-corrected chi connectivity index (χ0v) is 11.4. The largest absolute Gasteiger partial charge is 0.159 e. The highest BCUT2D eigenvalue weighted by molar-refractivity contribution is 6.34. The van der Waals surface area contributed by atoms with Crippen molar-refractivity contribution in [3.63, 3.8) is 0 Å². The van der Waals surface area contributed by atoms with Gasteiger partial charge in [-0.15, -0.1) is 10.2 Å². The first kappa shape index (κ1) is 12.1. The van der Waals surface area contributed by atoms with Crippen molar-refractivity contribution in [2.45, 2.75) is 13.3 Å². The Morgan fingerprint density at radius 2 is 1.58 bits per heavy atom. The highest BCUT2D eigenvalue weighted by Crippen LogP contribution is 2.29. The van der Waals surface area contributed by atoms with Crippen molar-refractivity contribution in [2.24, 2.45) is 0 Å². The van der Waals surface area contributed by atoms with Gasteiger partial charge in [0.25, 0.3) is 0 Å². The molecule has 0 aliphatic heterocycles. The molecular formula is C16H13ClN2. The standard InChI is InChI=1S/C16H13ClN2/c1-2-11-7-9-12(10-8-11)15-13-5-3-4-6-14(13)16(17)19-18-15/h3-10H,2H2,1H3. The van der Waals surface area contributed by atoms with E-state index in [2.05, 4.69) is 41.4 Å². The van der Waals surface area contributed by atoms with Crippen LogP contribution < -0.4 is 0 Å². The lowest BCUT2D eigenvalue weighted by molar-refractivity contribution is 1.06. The van der Waals surface area contributed by atoms with Gasteiger partial charge in [-0.1, -0.05) is 67.1 Å². The summed E-state index contributed by atoms with van der Waals surface area (Å²) >= 11 is 6.09. The summed E-state index contributed by atoms with van der Waals surface area (Å²) in [7, 11) is 0. The zero-order chi connectivity index (χ0) is 13.2. The van der Waals surface area contributed by atoms with Crippen molar-refractivity contribution in [3.05, 3.63) is 59.2 Å². The van der Waals surface area contributed by atoms with E-state index in [0.717, 1.165) is 28.5 Å². The average Bonchev–Trinajstić information content (AvgIpc) is 2.48. The topological polar surface area (TPSA) is 25.8 Å². The molecule has 0 amide bonds. The first-order valence-corrected chi connectivity index (χ1v) is 6.67. The molecule has 0 saturated carbocycles. The van der Waals surface area contributed by atoms with Crippen molar-refractivity contribution in [2.75, 3.05) is 0 Å². The maximum Gasteiger partial charge on any atom is 0.159 e. The Morgan fingerprint density at radius 3 is 2.26 bits per heavy atom. The minimum atomic E-state index is 0.449. The van der Waals surface area contributed by atoms with E-state index >= 15 is 0 Å². The third kappa shape index (κ3) is 2.20. The Hall–Kier alpha value is -1.93. The molecule has 19 heavy (non-hydrogen) atoms. The third-order valence-corrected chi connectivity index (χ3v) is 3.56. The van der Waals surface area contributed by atoms with Crippen LogP contribution in [0.4, 0.5) is 0 Å². The Kier molecular flexibility index (Phi) is 3.18. The molecule has 3 rings (SSSR count). The molecule has 0 aliphatic rings. The molecule has 1 heterocycles. The van der Waals surface area contributed by atoms with Crippen LogP contribution in [-0.4, -0.2) is 10.2 Å². The fourth-order valence-corrected chi connectivity index (χ4v) is 2.39. The quantitative estimate of drug-likeness (QED) is 0.683. The molecule has 0 atom stereocenters. The van der Waals surface area contributed by atoms with E-state index in [1.807, 2.05) is 24.3 Å². The SMILES string of the molecule is CCc1ccc(-c2nnc(Cl)c3ccccc23)cc1. The van der Waals surface area contributed by atoms with Crippen LogP contribution in [0.25, 0.3) is 22.0 Å². The van der Waals surface area contributed by atoms with E-state index in [-0.39, 0.29) is 0 Å². The number of rotatable bonds is 2. The average molecular weight is 269 g/mol. The van der Waals surface area contributed by atoms with E-state index in [4.69, 9.17) is 11.6 Å². The lowest BCUT2D eigenvalue weighted by Gasteiger charge is -2.06. The van der Waals surface area contributed by atoms with Crippen molar-refractivity contribution in [1.29, 1.82) is 0 Å². The number of nitrogens with zero attached hydrogens (tertiary/aromatic N) is 2. The summed E-state index contributed by atoms with van der Waals surface area (Å²) in [5.74, 6) is 0. The summed E-state index contributed by atoms with van der Waals surface area (Å²) in [4.78, 5) is 0. The summed E-state index contributed by atoms with van der Waals surface area (Å²) in [6.45, 7) is 2.15. The Bertz CT molecular complexity index is 720. The number of aryl methyl sites for hydroxylation is 1. The number of fused-ring (bicyclic) bond motifs is 1. The monoisotopic (exact) mass is 268 g/mol. The lowest BCUT2D eigenvalue weighted by atomic mass is 10.0. The summed E-state index contributed by atoms with van der Waals surface area (Å²) < 4.78 is 0. The zero-order valence-electron chi connectivity index (χ0n) is 10.6. The molecule has 94 valence electrons. The van der Waals surface area contributed by atoms with Crippen LogP contribution >= 0.6 is 11.6 Å². The van der Waals surface area contributed by atoms with Gasteiger partial charge in [-0.25, -0.2) is 0 Å². The molecule has 0 bridgehead atoms. The van der Waals surface area contributed by atoms with Crippen molar-refractivity contribution >= 4 is 22.4 Å². The van der Waals surface area contributed by atoms with Crippen LogP contribution in [0, 0.1) is 0 Å². The van der Waals surface area contributed by atoms with Gasteiger partial charge in [0.1, 0.15) is 5.69 Å². The van der Waals surface area contributed by atoms with E-state index in [0.29, 0.717) is 5.15 Å². The molecule has 0 N–H and O–H groups in total. The van der Waals surface area contributed by atoms with Gasteiger partial charge < -0.3 is 0 Å². The molecule has 0 saturated heterocycles. The van der Waals surface area contributed by atoms with E-state index in [1.165, 1.54) is 5.56 Å². The van der Waals surface area contributed by atoms with E-state index in [1.54, 1.807) is 0 Å². The summed E-state index contributed by atoms with van der Waals surface area (Å²) in [5, 5.41) is 10.7. The normalized spacial score (nSPS) is 10.8. The first-order chi connectivity index (χ1) is 9.29. The molecule has 0 unspecified atom stereocenters. The van der Waals surface area contributed by atoms with Gasteiger partial charge in [0, 0.05) is 16.3 Å². The predicted molar refractivity (Wildman–Crippen MR) is 79.4 cm³/mol. The summed E-state index contributed by atoms with van der Waals surface area (Å²) in [5.41, 5.74) is 3.26. The minimum Gasteiger partial charge on any atom is -0.148 e. The Labute approximate surface area is 117 Å². The molecule has 1 aromatic heterocycles. The molecule has 2 aromatic carbocycles. The fraction of sp³-hybridized carbons (Fsp3) is 0.125. The number of aromatic nitrogens is 2. The van der Waals surface area contributed by atoms with E-state index in [9.17, 15) is 0 Å². The van der Waals surface area contributed by atoms with Gasteiger partial charge in [0.2, 0.25) is 0 Å². The van der Waals surface area contributed by atoms with Crippen LogP contribution in [-0.2, 0) is 6.42 Å². The molecule has 0 radical (unpaired) electrons. The van der Waals surface area contributed by atoms with Crippen molar-refractivity contribution in [3.8, 4) is 11.3 Å². The molecule has 0 aliphatic carbocycles. The van der Waals surface area contributed by atoms with Crippen LogP contribution in [0.1, 0.15) is 12.5 Å². The maximum absolute atomic E-state index is 6.09. The molecular weight excluding hydrogens is 256 g/mol. The Morgan fingerprint density at radius 1 is 0.895 bits per heavy atom. The van der Waals surface area contributed by atoms with Gasteiger partial charge in [-0.3, -0.25) is 0 Å².